The number of benzene rings is 1. The molecule has 0 saturated heterocycles. The molecule has 0 aromatic heterocycles. The van der Waals surface area contributed by atoms with Gasteiger partial charge in [-0.2, -0.15) is 0 Å². The van der Waals surface area contributed by atoms with Crippen molar-refractivity contribution in [2.24, 2.45) is 0 Å². The summed E-state index contributed by atoms with van der Waals surface area (Å²) in [5, 5.41) is 0. The smallest absolute Gasteiger partial charge is 0.338 e. The van der Waals surface area contributed by atoms with Gasteiger partial charge in [-0.1, -0.05) is 12.1 Å². The van der Waals surface area contributed by atoms with Gasteiger partial charge in [0.05, 0.1) is 18.6 Å². The van der Waals surface area contributed by atoms with Crippen molar-refractivity contribution in [2.45, 2.75) is 12.3 Å². The third-order valence-corrected chi connectivity index (χ3v) is 2.86. The Bertz CT molecular complexity index is 430. The van der Waals surface area contributed by atoms with Crippen LogP contribution in [0.4, 0.5) is 0 Å². The maximum atomic E-state index is 11.4. The summed E-state index contributed by atoms with van der Waals surface area (Å²) in [4.78, 5) is 22.6. The molecule has 0 radical (unpaired) electrons. The standard InChI is InChI=1S/C12H12Cl2O3/c1-17-12(16)11-3-2-8(4-9(11)6-13)5-10(15)7-14/h2-4H,5-7H2,1H3. The average Bonchev–Trinajstić information content (AvgIpc) is 2.37. The molecule has 1 aromatic rings. The summed E-state index contributed by atoms with van der Waals surface area (Å²) in [6, 6.07) is 5.04. The second kappa shape index (κ2) is 6.62. The van der Waals surface area contributed by atoms with E-state index < -0.39 is 5.97 Å². The van der Waals surface area contributed by atoms with Gasteiger partial charge in [0.25, 0.3) is 0 Å². The number of ether oxygens (including phenoxy) is 1. The molecule has 0 unspecified atom stereocenters. The maximum absolute atomic E-state index is 11.4. The number of halogens is 2. The fraction of sp³-hybridized carbons (Fsp3) is 0.333. The minimum absolute atomic E-state index is 0.0189. The predicted octanol–water partition coefficient (Wildman–Crippen LogP) is 2.56. The van der Waals surface area contributed by atoms with Gasteiger partial charge in [0.15, 0.2) is 5.78 Å². The van der Waals surface area contributed by atoms with Gasteiger partial charge in [-0.15, -0.1) is 23.2 Å². The van der Waals surface area contributed by atoms with Crippen molar-refractivity contribution < 1.29 is 14.3 Å². The van der Waals surface area contributed by atoms with E-state index in [9.17, 15) is 9.59 Å². The molecule has 0 saturated carbocycles. The van der Waals surface area contributed by atoms with Crippen LogP contribution in [-0.4, -0.2) is 24.7 Å². The topological polar surface area (TPSA) is 43.4 Å². The molecule has 0 aliphatic carbocycles. The summed E-state index contributed by atoms with van der Waals surface area (Å²) in [7, 11) is 1.31. The van der Waals surface area contributed by atoms with Gasteiger partial charge in [0, 0.05) is 12.3 Å². The van der Waals surface area contributed by atoms with Crippen LogP contribution >= 0.6 is 23.2 Å². The highest BCUT2D eigenvalue weighted by Gasteiger charge is 2.12. The lowest BCUT2D eigenvalue weighted by Gasteiger charge is -2.07. The zero-order valence-electron chi connectivity index (χ0n) is 9.33. The van der Waals surface area contributed by atoms with Gasteiger partial charge in [0.1, 0.15) is 0 Å². The first-order valence-corrected chi connectivity index (χ1v) is 6.03. The number of carbonyl (C=O) groups is 2. The lowest BCUT2D eigenvalue weighted by atomic mass is 10.0. The van der Waals surface area contributed by atoms with Crippen molar-refractivity contribution in [3.8, 4) is 0 Å². The van der Waals surface area contributed by atoms with Crippen molar-refractivity contribution in [3.05, 3.63) is 34.9 Å². The van der Waals surface area contributed by atoms with Crippen LogP contribution in [-0.2, 0) is 21.8 Å². The molecule has 0 aliphatic heterocycles. The van der Waals surface area contributed by atoms with Crippen molar-refractivity contribution in [3.63, 3.8) is 0 Å². The molecule has 0 heterocycles. The highest BCUT2D eigenvalue weighted by atomic mass is 35.5. The van der Waals surface area contributed by atoms with E-state index in [0.29, 0.717) is 11.1 Å². The molecule has 0 N–H and O–H groups in total. The minimum Gasteiger partial charge on any atom is -0.465 e. The van der Waals surface area contributed by atoms with Crippen LogP contribution in [0.5, 0.6) is 0 Å². The third-order valence-electron chi connectivity index (χ3n) is 2.27. The molecule has 0 spiro atoms. The molecule has 0 atom stereocenters. The van der Waals surface area contributed by atoms with Crippen LogP contribution in [0.1, 0.15) is 21.5 Å². The lowest BCUT2D eigenvalue weighted by Crippen LogP contribution is -2.08. The Morgan fingerprint density at radius 3 is 2.53 bits per heavy atom. The highest BCUT2D eigenvalue weighted by Crippen LogP contribution is 2.16. The molecule has 0 aliphatic rings. The summed E-state index contributed by atoms with van der Waals surface area (Å²) in [6.45, 7) is 0. The van der Waals surface area contributed by atoms with Gasteiger partial charge in [-0.25, -0.2) is 4.79 Å². The second-order valence-corrected chi connectivity index (χ2v) is 4.00. The summed E-state index contributed by atoms with van der Waals surface area (Å²) < 4.78 is 4.64. The molecule has 1 aromatic carbocycles. The number of carbonyl (C=O) groups excluding carboxylic acids is 2. The monoisotopic (exact) mass is 274 g/mol. The third kappa shape index (κ3) is 3.72. The molecule has 0 fully saturated rings. The van der Waals surface area contributed by atoms with E-state index in [-0.39, 0.29) is 24.0 Å². The largest absolute Gasteiger partial charge is 0.465 e. The van der Waals surface area contributed by atoms with Crippen molar-refractivity contribution in [2.75, 3.05) is 13.0 Å². The van der Waals surface area contributed by atoms with E-state index in [4.69, 9.17) is 23.2 Å². The Morgan fingerprint density at radius 2 is 2.00 bits per heavy atom. The number of rotatable bonds is 5. The molecule has 3 nitrogen and oxygen atoms in total. The molecular weight excluding hydrogens is 263 g/mol. The van der Waals surface area contributed by atoms with Crippen LogP contribution < -0.4 is 0 Å². The number of ketones is 1. The number of methoxy groups -OCH3 is 1. The molecule has 92 valence electrons. The molecule has 1 rings (SSSR count). The normalized spacial score (nSPS) is 10.1. The Hall–Kier alpha value is -1.06. The van der Waals surface area contributed by atoms with Crippen LogP contribution in [0, 0.1) is 0 Å². The first-order valence-electron chi connectivity index (χ1n) is 4.96. The quantitative estimate of drug-likeness (QED) is 0.612. The van der Waals surface area contributed by atoms with Crippen LogP contribution in [0.15, 0.2) is 18.2 Å². The lowest BCUT2D eigenvalue weighted by molar-refractivity contribution is -0.116. The predicted molar refractivity (Wildman–Crippen MR) is 66.8 cm³/mol. The van der Waals surface area contributed by atoms with E-state index in [1.54, 1.807) is 18.2 Å². The summed E-state index contributed by atoms with van der Waals surface area (Å²) in [5.74, 6) is -0.337. The van der Waals surface area contributed by atoms with E-state index in [1.807, 2.05) is 0 Å². The fourth-order valence-electron chi connectivity index (χ4n) is 1.45. The molecule has 0 amide bonds. The number of Topliss-reactive ketones (excluding diaryl/α,β-unsaturated/α-hetero) is 1. The fourth-order valence-corrected chi connectivity index (χ4v) is 1.77. The van der Waals surface area contributed by atoms with Crippen LogP contribution in [0.2, 0.25) is 0 Å². The number of alkyl halides is 2. The van der Waals surface area contributed by atoms with Crippen LogP contribution in [0.25, 0.3) is 0 Å². The Balaban J connectivity index is 3.00. The minimum atomic E-state index is -0.434. The summed E-state index contributed by atoms with van der Waals surface area (Å²) >= 11 is 11.2. The van der Waals surface area contributed by atoms with Gasteiger partial charge in [-0.05, 0) is 17.2 Å². The first kappa shape index (κ1) is 14.0. The maximum Gasteiger partial charge on any atom is 0.338 e. The zero-order valence-corrected chi connectivity index (χ0v) is 10.8. The van der Waals surface area contributed by atoms with Crippen molar-refractivity contribution >= 4 is 35.0 Å². The van der Waals surface area contributed by atoms with Gasteiger partial charge < -0.3 is 4.74 Å². The Kier molecular flexibility index (Phi) is 5.45. The Labute approximate surface area is 110 Å². The second-order valence-electron chi connectivity index (χ2n) is 3.47. The molecular formula is C12H12Cl2O3. The van der Waals surface area contributed by atoms with Crippen molar-refractivity contribution in [1.29, 1.82) is 0 Å². The van der Waals surface area contributed by atoms with E-state index in [1.165, 1.54) is 7.11 Å². The first-order chi connectivity index (χ1) is 8.12. The molecule has 17 heavy (non-hydrogen) atoms. The number of hydrogen-bond donors (Lipinski definition) is 0. The summed E-state index contributed by atoms with van der Waals surface area (Å²) in [6.07, 6.45) is 0.245. The van der Waals surface area contributed by atoms with Gasteiger partial charge in [-0.3, -0.25) is 4.79 Å². The van der Waals surface area contributed by atoms with Gasteiger partial charge in [0.2, 0.25) is 0 Å². The highest BCUT2D eigenvalue weighted by molar-refractivity contribution is 6.27. The van der Waals surface area contributed by atoms with E-state index in [2.05, 4.69) is 4.74 Å². The Morgan fingerprint density at radius 1 is 1.29 bits per heavy atom. The number of hydrogen-bond acceptors (Lipinski definition) is 3. The summed E-state index contributed by atoms with van der Waals surface area (Å²) in [5.41, 5.74) is 1.86. The van der Waals surface area contributed by atoms with Gasteiger partial charge >= 0.3 is 5.97 Å². The molecule has 0 bridgehead atoms. The van der Waals surface area contributed by atoms with Crippen LogP contribution in [0.3, 0.4) is 0 Å². The van der Waals surface area contributed by atoms with Crippen molar-refractivity contribution in [1.82, 2.24) is 0 Å². The SMILES string of the molecule is COC(=O)c1ccc(CC(=O)CCl)cc1CCl. The average molecular weight is 275 g/mol. The van der Waals surface area contributed by atoms with E-state index >= 15 is 0 Å². The van der Waals surface area contributed by atoms with E-state index in [0.717, 1.165) is 5.56 Å². The zero-order chi connectivity index (χ0) is 12.8. The molecule has 5 heteroatoms. The number of esters is 1.